The van der Waals surface area contributed by atoms with Crippen LogP contribution in [-0.4, -0.2) is 30.3 Å². The molecular formula is C19H31N5O. The number of benzene rings is 1. The molecule has 138 valence electrons. The Morgan fingerprint density at radius 3 is 2.24 bits per heavy atom. The largest absolute Gasteiger partial charge is 0.463 e. The van der Waals surface area contributed by atoms with E-state index < -0.39 is 0 Å². The third kappa shape index (κ3) is 7.20. The van der Waals surface area contributed by atoms with Crippen LogP contribution in [0, 0.1) is 6.92 Å². The van der Waals surface area contributed by atoms with Crippen LogP contribution in [0.3, 0.4) is 0 Å². The van der Waals surface area contributed by atoms with E-state index in [4.69, 9.17) is 10.5 Å². The molecule has 25 heavy (non-hydrogen) atoms. The van der Waals surface area contributed by atoms with Crippen molar-refractivity contribution in [1.82, 2.24) is 9.97 Å². The fourth-order valence-corrected chi connectivity index (χ4v) is 1.86. The van der Waals surface area contributed by atoms with Crippen molar-refractivity contribution >= 4 is 24.0 Å². The Bertz CT molecular complexity index is 626. The molecule has 1 aromatic heterocycles. The highest BCUT2D eigenvalue weighted by Crippen LogP contribution is 2.29. The van der Waals surface area contributed by atoms with Crippen molar-refractivity contribution < 1.29 is 4.74 Å². The lowest BCUT2D eigenvalue weighted by molar-refractivity contribution is 0.297. The van der Waals surface area contributed by atoms with Crippen molar-refractivity contribution in [2.45, 2.75) is 41.0 Å². The Hall–Kier alpha value is -2.63. The zero-order valence-corrected chi connectivity index (χ0v) is 16.3. The first-order valence-electron chi connectivity index (χ1n) is 8.64. The van der Waals surface area contributed by atoms with Crippen molar-refractivity contribution in [2.24, 2.45) is 4.99 Å². The predicted octanol–water partition coefficient (Wildman–Crippen LogP) is 4.41. The van der Waals surface area contributed by atoms with Gasteiger partial charge in [0, 0.05) is 13.5 Å². The summed E-state index contributed by atoms with van der Waals surface area (Å²) in [7, 11) is 1.73. The van der Waals surface area contributed by atoms with E-state index in [9.17, 15) is 0 Å². The second kappa shape index (κ2) is 12.8. The molecule has 0 amide bonds. The highest BCUT2D eigenvalue weighted by Gasteiger charge is 2.10. The molecule has 0 aliphatic rings. The number of aliphatic imine (C=N–C) groups is 1. The number of nitrogen functional groups attached to an aromatic ring is 1. The molecule has 3 N–H and O–H groups in total. The van der Waals surface area contributed by atoms with Gasteiger partial charge in [-0.15, -0.1) is 0 Å². The molecule has 2 rings (SSSR count). The second-order valence-electron chi connectivity index (χ2n) is 4.58. The molecule has 0 aliphatic heterocycles. The van der Waals surface area contributed by atoms with Crippen molar-refractivity contribution in [3.63, 3.8) is 0 Å². The number of nitrogens with one attached hydrogen (secondary N) is 1. The number of ether oxygens (including phenoxy) is 1. The van der Waals surface area contributed by atoms with E-state index in [1.54, 1.807) is 7.05 Å². The third-order valence-corrected chi connectivity index (χ3v) is 3.03. The molecule has 0 aliphatic carbocycles. The van der Waals surface area contributed by atoms with E-state index in [1.165, 1.54) is 11.1 Å². The molecule has 6 heteroatoms. The van der Waals surface area contributed by atoms with Crippen LogP contribution in [0.25, 0.3) is 0 Å². The minimum Gasteiger partial charge on any atom is -0.463 e. The third-order valence-electron chi connectivity index (χ3n) is 3.03. The number of nitrogens with two attached hydrogens (primary N) is 1. The zero-order chi connectivity index (χ0) is 19.2. The quantitative estimate of drug-likeness (QED) is 0.757. The summed E-state index contributed by atoms with van der Waals surface area (Å²) in [4.78, 5) is 12.1. The lowest BCUT2D eigenvalue weighted by atomic mass is 10.1. The fraction of sp³-hybridized carbons (Fsp3) is 0.421. The standard InChI is InChI=1S/C15H19N5O.2C2H6/c1-10-4-6-11(7-5-10)8-9-21-15-19-13(16)12(17-2)14(18-3)20-15;2*1-2/h4-7H,2,8-9H2,1,3H3,(H3,16,18,19,20);2*1-2H3. The predicted molar refractivity (Wildman–Crippen MR) is 108 cm³/mol. The Morgan fingerprint density at radius 2 is 1.72 bits per heavy atom. The smallest absolute Gasteiger partial charge is 0.320 e. The number of hydrogen-bond acceptors (Lipinski definition) is 6. The van der Waals surface area contributed by atoms with E-state index >= 15 is 0 Å². The number of nitrogens with zero attached hydrogens (tertiary/aromatic N) is 3. The van der Waals surface area contributed by atoms with Crippen LogP contribution < -0.4 is 15.8 Å². The lowest BCUT2D eigenvalue weighted by Gasteiger charge is -2.10. The summed E-state index contributed by atoms with van der Waals surface area (Å²) in [5.41, 5.74) is 8.68. The van der Waals surface area contributed by atoms with Crippen LogP contribution in [-0.2, 0) is 6.42 Å². The minimum absolute atomic E-state index is 0.233. The summed E-state index contributed by atoms with van der Waals surface area (Å²) in [6.07, 6.45) is 0.778. The van der Waals surface area contributed by atoms with E-state index in [1.807, 2.05) is 27.7 Å². The first-order valence-corrected chi connectivity index (χ1v) is 8.64. The van der Waals surface area contributed by atoms with Crippen LogP contribution in [0.1, 0.15) is 38.8 Å². The molecular weight excluding hydrogens is 314 g/mol. The van der Waals surface area contributed by atoms with Crippen LogP contribution in [0.15, 0.2) is 29.3 Å². The van der Waals surface area contributed by atoms with Gasteiger partial charge in [0.1, 0.15) is 5.69 Å². The number of rotatable bonds is 6. The Balaban J connectivity index is 0.00000134. The van der Waals surface area contributed by atoms with Gasteiger partial charge in [0.05, 0.1) is 6.61 Å². The van der Waals surface area contributed by atoms with Crippen molar-refractivity contribution in [3.8, 4) is 6.01 Å². The van der Waals surface area contributed by atoms with Gasteiger partial charge in [-0.2, -0.15) is 9.97 Å². The molecule has 0 bridgehead atoms. The first-order chi connectivity index (χ1) is 12.1. The molecule has 1 aromatic carbocycles. The highest BCUT2D eigenvalue weighted by molar-refractivity contribution is 5.74. The number of aromatic nitrogens is 2. The van der Waals surface area contributed by atoms with Crippen LogP contribution in [0.2, 0.25) is 0 Å². The van der Waals surface area contributed by atoms with Gasteiger partial charge in [-0.05, 0) is 19.2 Å². The molecule has 0 radical (unpaired) electrons. The fourth-order valence-electron chi connectivity index (χ4n) is 1.86. The Kier molecular flexibility index (Phi) is 11.4. The van der Waals surface area contributed by atoms with Gasteiger partial charge >= 0.3 is 6.01 Å². The second-order valence-corrected chi connectivity index (χ2v) is 4.58. The van der Waals surface area contributed by atoms with Crippen molar-refractivity contribution in [3.05, 3.63) is 35.4 Å². The highest BCUT2D eigenvalue weighted by atomic mass is 16.5. The van der Waals surface area contributed by atoms with Crippen LogP contribution in [0.4, 0.5) is 17.3 Å². The average molecular weight is 345 g/mol. The van der Waals surface area contributed by atoms with E-state index in [2.05, 4.69) is 58.2 Å². The zero-order valence-electron chi connectivity index (χ0n) is 16.3. The lowest BCUT2D eigenvalue weighted by Crippen LogP contribution is -2.07. The summed E-state index contributed by atoms with van der Waals surface area (Å²) in [5.74, 6) is 0.748. The number of anilines is 2. The summed E-state index contributed by atoms with van der Waals surface area (Å²) < 4.78 is 5.56. The van der Waals surface area contributed by atoms with Crippen molar-refractivity contribution in [1.29, 1.82) is 0 Å². The van der Waals surface area contributed by atoms with Gasteiger partial charge in [-0.1, -0.05) is 57.5 Å². The summed E-state index contributed by atoms with van der Waals surface area (Å²) in [6.45, 7) is 14.0. The SMILES string of the molecule is C=Nc1c(N)nc(OCCc2ccc(C)cc2)nc1NC.CC.CC. The molecule has 0 atom stereocenters. The first kappa shape index (κ1) is 22.4. The van der Waals surface area contributed by atoms with Crippen LogP contribution in [0.5, 0.6) is 6.01 Å². The maximum Gasteiger partial charge on any atom is 0.320 e. The molecule has 0 fully saturated rings. The van der Waals surface area contributed by atoms with Gasteiger partial charge in [0.2, 0.25) is 0 Å². The van der Waals surface area contributed by atoms with Gasteiger partial charge in [0.15, 0.2) is 11.6 Å². The number of aryl methyl sites for hydroxylation is 1. The molecule has 2 aromatic rings. The average Bonchev–Trinajstić information content (AvgIpc) is 2.66. The molecule has 0 saturated heterocycles. The van der Waals surface area contributed by atoms with Gasteiger partial charge in [-0.25, -0.2) is 0 Å². The van der Waals surface area contributed by atoms with E-state index in [-0.39, 0.29) is 11.8 Å². The Labute approximate surface area is 151 Å². The van der Waals surface area contributed by atoms with Gasteiger partial charge < -0.3 is 15.8 Å². The summed E-state index contributed by atoms with van der Waals surface area (Å²) in [6, 6.07) is 8.55. The van der Waals surface area contributed by atoms with Gasteiger partial charge in [0.25, 0.3) is 0 Å². The number of hydrogen-bond donors (Lipinski definition) is 2. The van der Waals surface area contributed by atoms with Gasteiger partial charge in [-0.3, -0.25) is 4.99 Å². The molecule has 6 nitrogen and oxygen atoms in total. The monoisotopic (exact) mass is 345 g/mol. The molecule has 0 unspecified atom stereocenters. The maximum atomic E-state index is 5.80. The topological polar surface area (TPSA) is 85.4 Å². The van der Waals surface area contributed by atoms with E-state index in [0.717, 1.165) is 6.42 Å². The molecule has 1 heterocycles. The minimum atomic E-state index is 0.233. The Morgan fingerprint density at radius 1 is 1.12 bits per heavy atom. The molecule has 0 spiro atoms. The summed E-state index contributed by atoms with van der Waals surface area (Å²) in [5, 5.41) is 2.90. The molecule has 0 saturated carbocycles. The normalized spacial score (nSPS) is 9.04. The van der Waals surface area contributed by atoms with Crippen molar-refractivity contribution in [2.75, 3.05) is 24.7 Å². The van der Waals surface area contributed by atoms with E-state index in [0.29, 0.717) is 18.1 Å². The maximum absolute atomic E-state index is 5.80. The van der Waals surface area contributed by atoms with Crippen LogP contribution >= 0.6 is 0 Å². The summed E-state index contributed by atoms with van der Waals surface area (Å²) >= 11 is 0.